The Balaban J connectivity index is 0. The van der Waals surface area contributed by atoms with Crippen molar-refractivity contribution in [2.75, 3.05) is 0 Å². The van der Waals surface area contributed by atoms with Gasteiger partial charge in [0, 0.05) is 877 Å². The first-order chi connectivity index (χ1) is 0. The summed E-state index contributed by atoms with van der Waals surface area (Å²) in [5.74, 6) is 0. The van der Waals surface area contributed by atoms with Crippen molar-refractivity contribution in [3.63, 3.8) is 0 Å². The summed E-state index contributed by atoms with van der Waals surface area (Å²) in [5.41, 5.74) is 0. The van der Waals surface area contributed by atoms with E-state index in [1.54, 1.807) is 0 Å². The third kappa shape index (κ3) is 129. The van der Waals surface area contributed by atoms with Gasteiger partial charge in [-0.1, -0.05) is 0 Å². The first-order valence-electron chi connectivity index (χ1n) is 0. The van der Waals surface area contributed by atoms with E-state index in [-0.39, 0.29) is 877 Å². The molecule has 0 aliphatic rings. The molecule has 0 aliphatic heterocycles. The first-order valence-corrected chi connectivity index (χ1v) is 0. The standard InChI is InChI=1S/21Ce. The van der Waals surface area contributed by atoms with Crippen molar-refractivity contribution in [2.45, 2.75) is 0 Å². The topological polar surface area (TPSA) is 0 Å². The van der Waals surface area contributed by atoms with Crippen molar-refractivity contribution >= 4 is 0 Å². The van der Waals surface area contributed by atoms with Crippen molar-refractivity contribution in [3.8, 4) is 0 Å². The molecule has 0 aromatic heterocycles. The molecule has 0 rings (SSSR count). The van der Waals surface area contributed by atoms with Gasteiger partial charge in [0.1, 0.15) is 0 Å². The summed E-state index contributed by atoms with van der Waals surface area (Å²) in [6, 6.07) is 0. The summed E-state index contributed by atoms with van der Waals surface area (Å²) in [6.07, 6.45) is 0. The second-order valence-corrected chi connectivity index (χ2v) is 0. The molecular weight excluding hydrogens is 2940 g/mol. The van der Waals surface area contributed by atoms with Crippen LogP contribution in [0.1, 0.15) is 0 Å². The predicted octanol–water partition coefficient (Wildman–Crippen LogP) is 0. The molecule has 0 fully saturated rings. The molecule has 21 heteroatoms. The fourth-order valence-electron chi connectivity index (χ4n) is 0. The van der Waals surface area contributed by atoms with Crippen LogP contribution in [0, 0.1) is 877 Å². The van der Waals surface area contributed by atoms with Crippen LogP contribution < -0.4 is 0 Å². The Morgan fingerprint density at radius 3 is 0.0476 bits per heavy atom. The van der Waals surface area contributed by atoms with Crippen molar-refractivity contribution in [1.29, 1.82) is 0 Å². The van der Waals surface area contributed by atoms with E-state index < -0.39 is 0 Å². The molecule has 0 aromatic rings. The number of rotatable bonds is 0. The summed E-state index contributed by atoms with van der Waals surface area (Å²) >= 11 is 0. The molecule has 21 heavy (non-hydrogen) atoms. The van der Waals surface area contributed by atoms with Crippen LogP contribution in [0.3, 0.4) is 0 Å². The van der Waals surface area contributed by atoms with Crippen LogP contribution in [0.15, 0.2) is 0 Å². The van der Waals surface area contributed by atoms with E-state index in [4.69, 9.17) is 0 Å². The van der Waals surface area contributed by atoms with Gasteiger partial charge in [-0.25, -0.2) is 0 Å². The van der Waals surface area contributed by atoms with Gasteiger partial charge in [-0.15, -0.1) is 0 Å². The Hall–Kier alpha value is 28.9. The average molecular weight is 2940 g/mol. The van der Waals surface area contributed by atoms with Gasteiger partial charge in [0.05, 0.1) is 0 Å². The van der Waals surface area contributed by atoms with Gasteiger partial charge in [0.2, 0.25) is 0 Å². The minimum atomic E-state index is 0. The van der Waals surface area contributed by atoms with E-state index in [2.05, 4.69) is 0 Å². The van der Waals surface area contributed by atoms with Crippen LogP contribution in [0.25, 0.3) is 0 Å². The molecule has 0 spiro atoms. The van der Waals surface area contributed by atoms with Gasteiger partial charge < -0.3 is 0 Å². The normalized spacial score (nSPS) is 0. The predicted molar refractivity (Wildman–Crippen MR) is 0 cm³/mol. The summed E-state index contributed by atoms with van der Waals surface area (Å²) < 4.78 is 0. The fraction of sp³-hybridized carbons (Fsp3) is 0. The Bertz CT molecular complexity index is 0. The smallest absolute Gasteiger partial charge is 0 e. The monoisotopic (exact) mass is 2940 g/mol. The summed E-state index contributed by atoms with van der Waals surface area (Å²) in [6.45, 7) is 0. The van der Waals surface area contributed by atoms with Gasteiger partial charge >= 0.3 is 0 Å². The minimum absolute atomic E-state index is 0. The third-order valence-corrected chi connectivity index (χ3v) is 0. The average Bonchev–Trinajstić information content (AvgIpc) is 0. The molecular formula is Ce21. The van der Waals surface area contributed by atoms with Gasteiger partial charge in [-0.05, 0) is 0 Å². The Morgan fingerprint density at radius 1 is 0.0476 bits per heavy atom. The van der Waals surface area contributed by atoms with Crippen LogP contribution in [0.5, 0.6) is 0 Å². The zero-order valence-corrected chi connectivity index (χ0v) is 76.4. The molecule has 0 aromatic carbocycles. The zero-order valence-electron chi connectivity index (χ0n) is 10.5. The Kier molecular flexibility index (Phi) is 914. The summed E-state index contributed by atoms with van der Waals surface area (Å²) in [5, 5.41) is 0. The maximum Gasteiger partial charge on any atom is 0 e. The SMILES string of the molecule is [Ce].[Ce].[Ce].[Ce].[Ce].[Ce].[Ce].[Ce].[Ce].[Ce].[Ce].[Ce].[Ce].[Ce].[Ce].[Ce].[Ce].[Ce].[Ce].[Ce].[Ce]. The molecule has 0 heterocycles. The van der Waals surface area contributed by atoms with Crippen LogP contribution in [-0.2, 0) is 0 Å². The first kappa shape index (κ1) is 143. The van der Waals surface area contributed by atoms with E-state index in [1.165, 1.54) is 0 Å². The van der Waals surface area contributed by atoms with E-state index >= 15 is 0 Å². The second-order valence-electron chi connectivity index (χ2n) is 0. The minimum Gasteiger partial charge on any atom is 0 e. The molecule has 0 aliphatic carbocycles. The van der Waals surface area contributed by atoms with E-state index in [0.29, 0.717) is 0 Å². The number of hydrogen-bond acceptors (Lipinski definition) is 0. The molecule has 0 saturated carbocycles. The zero-order chi connectivity index (χ0) is 0. The largest absolute Gasteiger partial charge is 0 e. The molecule has 0 N–H and O–H groups in total. The van der Waals surface area contributed by atoms with E-state index in [9.17, 15) is 0 Å². The van der Waals surface area contributed by atoms with Crippen molar-refractivity contribution < 1.29 is 877 Å². The molecule has 0 saturated heterocycles. The third-order valence-electron chi connectivity index (χ3n) is 0. The molecule has 84 valence electrons. The maximum atomic E-state index is 0. The van der Waals surface area contributed by atoms with Crippen LogP contribution in [-0.4, -0.2) is 0 Å². The number of hydrogen-bond donors (Lipinski definition) is 0. The molecule has 0 nitrogen and oxygen atoms in total. The van der Waals surface area contributed by atoms with Crippen LogP contribution in [0.2, 0.25) is 0 Å². The molecule has 0 unspecified atom stereocenters. The molecule has 0 amide bonds. The Morgan fingerprint density at radius 2 is 0.0476 bits per heavy atom. The van der Waals surface area contributed by atoms with Crippen molar-refractivity contribution in [1.82, 2.24) is 0 Å². The molecule has 0 bridgehead atoms. The van der Waals surface area contributed by atoms with Crippen molar-refractivity contribution in [3.05, 3.63) is 0 Å². The Labute approximate surface area is 839 Å². The summed E-state index contributed by atoms with van der Waals surface area (Å²) in [7, 11) is 0. The molecule has 0 radical (unpaired) electrons. The quantitative estimate of drug-likeness (QED) is 0.321. The van der Waals surface area contributed by atoms with Gasteiger partial charge in [0.15, 0.2) is 0 Å². The van der Waals surface area contributed by atoms with Crippen LogP contribution >= 0.6 is 0 Å². The summed E-state index contributed by atoms with van der Waals surface area (Å²) in [4.78, 5) is 0. The van der Waals surface area contributed by atoms with Gasteiger partial charge in [0.25, 0.3) is 0 Å². The van der Waals surface area contributed by atoms with E-state index in [0.717, 1.165) is 0 Å². The van der Waals surface area contributed by atoms with Crippen molar-refractivity contribution in [2.24, 2.45) is 0 Å². The fourth-order valence-corrected chi connectivity index (χ4v) is 0. The second kappa shape index (κ2) is 134. The molecule has 0 atom stereocenters. The van der Waals surface area contributed by atoms with Gasteiger partial charge in [-0.3, -0.25) is 0 Å². The maximum absolute atomic E-state index is 0. The van der Waals surface area contributed by atoms with Gasteiger partial charge in [-0.2, -0.15) is 0 Å². The van der Waals surface area contributed by atoms with E-state index in [1.807, 2.05) is 0 Å². The van der Waals surface area contributed by atoms with Crippen LogP contribution in [0.4, 0.5) is 0 Å².